The second-order valence-electron chi connectivity index (χ2n) is 3.73. The predicted molar refractivity (Wildman–Crippen MR) is 63.9 cm³/mol. The average Bonchev–Trinajstić information content (AvgIpc) is 2.39. The Labute approximate surface area is 101 Å². The van der Waals surface area contributed by atoms with Gasteiger partial charge in [0.05, 0.1) is 32.3 Å². The van der Waals surface area contributed by atoms with Gasteiger partial charge in [-0.1, -0.05) is 6.92 Å². The molecular weight excluding hydrogens is 218 g/mol. The van der Waals surface area contributed by atoms with E-state index in [-0.39, 0.29) is 0 Å². The molecule has 0 aliphatic rings. The van der Waals surface area contributed by atoms with Crippen LogP contribution < -0.4 is 9.47 Å². The Morgan fingerprint density at radius 2 is 1.76 bits per heavy atom. The number of aliphatic hydroxyl groups is 1. The molecule has 0 bridgehead atoms. The largest absolute Gasteiger partial charge is 0.497 e. The maximum absolute atomic E-state index is 10.1. The zero-order valence-electron chi connectivity index (χ0n) is 10.3. The van der Waals surface area contributed by atoms with Crippen LogP contribution >= 0.6 is 0 Å². The molecule has 2 atom stereocenters. The lowest BCUT2D eigenvalue weighted by Gasteiger charge is -2.17. The van der Waals surface area contributed by atoms with Crippen molar-refractivity contribution in [2.45, 2.75) is 19.4 Å². The third kappa shape index (κ3) is 3.11. The summed E-state index contributed by atoms with van der Waals surface area (Å²) >= 11 is 0. The van der Waals surface area contributed by atoms with E-state index in [2.05, 4.69) is 6.07 Å². The third-order valence-electron chi connectivity index (χ3n) is 2.70. The van der Waals surface area contributed by atoms with E-state index in [1.165, 1.54) is 0 Å². The molecule has 17 heavy (non-hydrogen) atoms. The Morgan fingerprint density at radius 3 is 2.12 bits per heavy atom. The molecule has 1 aromatic rings. The number of hydrogen-bond acceptors (Lipinski definition) is 4. The lowest BCUT2D eigenvalue weighted by molar-refractivity contribution is 0.132. The number of nitrogens with zero attached hydrogens (tertiary/aromatic N) is 1. The van der Waals surface area contributed by atoms with Gasteiger partial charge in [0.1, 0.15) is 11.5 Å². The van der Waals surface area contributed by atoms with Gasteiger partial charge in [-0.3, -0.25) is 0 Å². The van der Waals surface area contributed by atoms with Crippen molar-refractivity contribution >= 4 is 0 Å². The fourth-order valence-electron chi connectivity index (χ4n) is 1.62. The fraction of sp³-hybridized carbons (Fsp3) is 0.462. The van der Waals surface area contributed by atoms with E-state index in [1.54, 1.807) is 32.4 Å². The molecule has 4 heteroatoms. The Morgan fingerprint density at radius 1 is 1.24 bits per heavy atom. The van der Waals surface area contributed by atoms with Crippen molar-refractivity contribution in [1.29, 1.82) is 5.26 Å². The summed E-state index contributed by atoms with van der Waals surface area (Å²) in [5.41, 5.74) is 0.634. The van der Waals surface area contributed by atoms with E-state index in [0.29, 0.717) is 23.5 Å². The molecule has 0 amide bonds. The highest BCUT2D eigenvalue weighted by Crippen LogP contribution is 2.30. The first-order valence-corrected chi connectivity index (χ1v) is 5.46. The molecule has 0 aromatic heterocycles. The number of hydrogen-bond donors (Lipinski definition) is 1. The van der Waals surface area contributed by atoms with Gasteiger partial charge in [0.25, 0.3) is 0 Å². The van der Waals surface area contributed by atoms with Gasteiger partial charge in [-0.2, -0.15) is 5.26 Å². The monoisotopic (exact) mass is 235 g/mol. The molecule has 92 valence electrons. The number of benzene rings is 1. The Kier molecular flexibility index (Phi) is 4.80. The Balaban J connectivity index is 3.08. The van der Waals surface area contributed by atoms with Gasteiger partial charge in [0.2, 0.25) is 0 Å². The van der Waals surface area contributed by atoms with Crippen LogP contribution in [-0.2, 0) is 0 Å². The van der Waals surface area contributed by atoms with Gasteiger partial charge in [-0.05, 0) is 24.1 Å². The van der Waals surface area contributed by atoms with Gasteiger partial charge in [-0.15, -0.1) is 0 Å². The van der Waals surface area contributed by atoms with E-state index < -0.39 is 12.0 Å². The van der Waals surface area contributed by atoms with Crippen LogP contribution in [0.15, 0.2) is 18.2 Å². The minimum atomic E-state index is -0.825. The standard InChI is InChI=1S/C13H17NO3/c1-4-9(8-14)13(15)10-5-11(16-2)7-12(6-10)17-3/h5-7,9,13,15H,4H2,1-3H3. The van der Waals surface area contributed by atoms with Crippen LogP contribution in [0.2, 0.25) is 0 Å². The van der Waals surface area contributed by atoms with E-state index >= 15 is 0 Å². The Bertz CT molecular complexity index is 389. The van der Waals surface area contributed by atoms with Gasteiger partial charge in [0, 0.05) is 6.07 Å². The van der Waals surface area contributed by atoms with Crippen LogP contribution in [0.1, 0.15) is 25.0 Å². The molecule has 1 rings (SSSR count). The molecule has 0 heterocycles. The summed E-state index contributed by atoms with van der Waals surface area (Å²) in [6, 6.07) is 7.25. The molecule has 0 fully saturated rings. The summed E-state index contributed by atoms with van der Waals surface area (Å²) < 4.78 is 10.2. The molecule has 0 aliphatic carbocycles. The molecular formula is C13H17NO3. The summed E-state index contributed by atoms with van der Waals surface area (Å²) in [7, 11) is 3.10. The zero-order valence-corrected chi connectivity index (χ0v) is 10.3. The molecule has 0 aliphatic heterocycles. The number of ether oxygens (including phenoxy) is 2. The van der Waals surface area contributed by atoms with E-state index in [9.17, 15) is 5.11 Å². The van der Waals surface area contributed by atoms with Gasteiger partial charge >= 0.3 is 0 Å². The predicted octanol–water partition coefficient (Wildman–Crippen LogP) is 2.29. The first-order chi connectivity index (χ1) is 8.15. The summed E-state index contributed by atoms with van der Waals surface area (Å²) in [5.74, 6) is 0.782. The number of nitriles is 1. The molecule has 2 unspecified atom stereocenters. The lowest BCUT2D eigenvalue weighted by atomic mass is 9.94. The maximum atomic E-state index is 10.1. The minimum Gasteiger partial charge on any atom is -0.497 e. The van der Waals surface area contributed by atoms with Crippen LogP contribution in [-0.4, -0.2) is 19.3 Å². The van der Waals surface area contributed by atoms with Crippen molar-refractivity contribution in [3.8, 4) is 17.6 Å². The molecule has 1 aromatic carbocycles. The molecule has 0 radical (unpaired) electrons. The van der Waals surface area contributed by atoms with Crippen LogP contribution in [0, 0.1) is 17.2 Å². The van der Waals surface area contributed by atoms with Crippen molar-refractivity contribution in [2.75, 3.05) is 14.2 Å². The van der Waals surface area contributed by atoms with Crippen molar-refractivity contribution in [3.63, 3.8) is 0 Å². The Hall–Kier alpha value is -1.73. The smallest absolute Gasteiger partial charge is 0.122 e. The highest BCUT2D eigenvalue weighted by molar-refractivity contribution is 5.39. The van der Waals surface area contributed by atoms with Crippen LogP contribution in [0.5, 0.6) is 11.5 Å². The summed E-state index contributed by atoms with van der Waals surface area (Å²) in [6.07, 6.45) is -0.231. The van der Waals surface area contributed by atoms with Crippen molar-refractivity contribution in [2.24, 2.45) is 5.92 Å². The molecule has 0 saturated heterocycles. The third-order valence-corrected chi connectivity index (χ3v) is 2.70. The summed E-state index contributed by atoms with van der Waals surface area (Å²) in [5, 5.41) is 19.0. The molecule has 0 spiro atoms. The molecule has 0 saturated carbocycles. The topological polar surface area (TPSA) is 62.5 Å². The van der Waals surface area contributed by atoms with Crippen molar-refractivity contribution in [1.82, 2.24) is 0 Å². The van der Waals surface area contributed by atoms with Gasteiger partial charge in [-0.25, -0.2) is 0 Å². The zero-order chi connectivity index (χ0) is 12.8. The molecule has 1 N–H and O–H groups in total. The van der Waals surface area contributed by atoms with Crippen LogP contribution in [0.3, 0.4) is 0 Å². The summed E-state index contributed by atoms with van der Waals surface area (Å²) in [4.78, 5) is 0. The van der Waals surface area contributed by atoms with E-state index in [0.717, 1.165) is 0 Å². The first-order valence-electron chi connectivity index (χ1n) is 5.46. The first kappa shape index (κ1) is 13.3. The molecule has 4 nitrogen and oxygen atoms in total. The SMILES string of the molecule is CCC(C#N)C(O)c1cc(OC)cc(OC)c1. The lowest BCUT2D eigenvalue weighted by Crippen LogP contribution is -2.10. The normalized spacial score (nSPS) is 13.6. The van der Waals surface area contributed by atoms with Crippen LogP contribution in [0.4, 0.5) is 0 Å². The average molecular weight is 235 g/mol. The van der Waals surface area contributed by atoms with Crippen LogP contribution in [0.25, 0.3) is 0 Å². The second-order valence-corrected chi connectivity index (χ2v) is 3.73. The number of aliphatic hydroxyl groups excluding tert-OH is 1. The maximum Gasteiger partial charge on any atom is 0.122 e. The van der Waals surface area contributed by atoms with E-state index in [4.69, 9.17) is 14.7 Å². The minimum absolute atomic E-state index is 0.424. The van der Waals surface area contributed by atoms with Gasteiger partial charge in [0.15, 0.2) is 0 Å². The quantitative estimate of drug-likeness (QED) is 0.850. The van der Waals surface area contributed by atoms with Crippen molar-refractivity contribution < 1.29 is 14.6 Å². The van der Waals surface area contributed by atoms with E-state index in [1.807, 2.05) is 6.92 Å². The van der Waals surface area contributed by atoms with Crippen molar-refractivity contribution in [3.05, 3.63) is 23.8 Å². The van der Waals surface area contributed by atoms with Gasteiger partial charge < -0.3 is 14.6 Å². The summed E-state index contributed by atoms with van der Waals surface area (Å²) in [6.45, 7) is 1.87. The number of rotatable bonds is 5. The number of methoxy groups -OCH3 is 2. The second kappa shape index (κ2) is 6.12. The fourth-order valence-corrected chi connectivity index (χ4v) is 1.62. The highest BCUT2D eigenvalue weighted by atomic mass is 16.5. The highest BCUT2D eigenvalue weighted by Gasteiger charge is 2.20.